The first-order chi connectivity index (χ1) is 15.3. The first-order valence-corrected chi connectivity index (χ1v) is 11.9. The predicted molar refractivity (Wildman–Crippen MR) is 123 cm³/mol. The minimum absolute atomic E-state index is 0.0906. The van der Waals surface area contributed by atoms with Crippen molar-refractivity contribution in [2.24, 2.45) is 16.2 Å². The van der Waals surface area contributed by atoms with Gasteiger partial charge >= 0.3 is 0 Å². The van der Waals surface area contributed by atoms with Gasteiger partial charge in [0.15, 0.2) is 6.61 Å². The number of hydrogen-bond acceptors (Lipinski definition) is 7. The van der Waals surface area contributed by atoms with Crippen LogP contribution in [0, 0.1) is 5.92 Å². The maximum Gasteiger partial charge on any atom is 0.284 e. The molecule has 8 heteroatoms. The maximum absolute atomic E-state index is 13.1. The zero-order valence-electron chi connectivity index (χ0n) is 16.7. The van der Waals surface area contributed by atoms with Crippen LogP contribution in [-0.2, 0) is 9.63 Å². The second kappa shape index (κ2) is 9.03. The van der Waals surface area contributed by atoms with E-state index in [0.717, 1.165) is 29.9 Å². The lowest BCUT2D eigenvalue weighted by molar-refractivity contribution is -0.138. The van der Waals surface area contributed by atoms with Crippen LogP contribution in [0.4, 0.5) is 0 Å². The summed E-state index contributed by atoms with van der Waals surface area (Å²) in [6.07, 6.45) is 8.32. The number of amides is 1. The van der Waals surface area contributed by atoms with E-state index in [0.29, 0.717) is 5.76 Å². The van der Waals surface area contributed by atoms with Gasteiger partial charge in [-0.3, -0.25) is 4.79 Å². The summed E-state index contributed by atoms with van der Waals surface area (Å²) in [4.78, 5) is 20.7. The number of carbonyl (C=O) groups excluding carboxylic acids is 1. The first kappa shape index (κ1) is 20.0. The van der Waals surface area contributed by atoms with Crippen molar-refractivity contribution in [2.45, 2.75) is 25.3 Å². The smallest absolute Gasteiger partial charge is 0.284 e. The SMILES string of the molecule is O=C(CO/N=C/c1ccco1)N1N=C2/C(=C\c3cccs3)CCCC2C1c1cccs1. The fourth-order valence-electron chi connectivity index (χ4n) is 4.10. The second-order valence-corrected chi connectivity index (χ2v) is 9.35. The Labute approximate surface area is 188 Å². The largest absolute Gasteiger partial charge is 0.463 e. The minimum Gasteiger partial charge on any atom is -0.463 e. The lowest BCUT2D eigenvalue weighted by atomic mass is 9.79. The van der Waals surface area contributed by atoms with Gasteiger partial charge in [-0.25, -0.2) is 5.01 Å². The van der Waals surface area contributed by atoms with Gasteiger partial charge in [0, 0.05) is 15.7 Å². The molecule has 0 saturated heterocycles. The molecule has 1 fully saturated rings. The van der Waals surface area contributed by atoms with Crippen LogP contribution in [0.5, 0.6) is 0 Å². The maximum atomic E-state index is 13.1. The number of nitrogens with zero attached hydrogens (tertiary/aromatic N) is 3. The number of rotatable bonds is 6. The molecular formula is C23H21N3O3S2. The molecular weight excluding hydrogens is 430 g/mol. The van der Waals surface area contributed by atoms with E-state index >= 15 is 0 Å². The molecule has 0 aromatic carbocycles. The van der Waals surface area contributed by atoms with E-state index in [1.54, 1.807) is 46.1 Å². The van der Waals surface area contributed by atoms with Gasteiger partial charge in [-0.15, -0.1) is 22.7 Å². The number of hydrazone groups is 1. The van der Waals surface area contributed by atoms with E-state index in [-0.39, 0.29) is 24.5 Å². The standard InChI is InChI=1S/C23H21N3O3S2/c27-21(15-29-24-14-17-6-2-10-28-17)26-23(20-9-4-12-31-20)19-8-1-5-16(22(19)25-26)13-18-7-3-11-30-18/h2-4,6-7,9-14,19,23H,1,5,8,15H2/b16-13-,24-14+. The summed E-state index contributed by atoms with van der Waals surface area (Å²) in [6.45, 7) is -0.174. The number of allylic oxidation sites excluding steroid dienone is 1. The highest BCUT2D eigenvalue weighted by Crippen LogP contribution is 2.45. The highest BCUT2D eigenvalue weighted by Gasteiger charge is 2.44. The van der Waals surface area contributed by atoms with Gasteiger partial charge < -0.3 is 9.25 Å². The third-order valence-electron chi connectivity index (χ3n) is 5.44. The van der Waals surface area contributed by atoms with E-state index in [9.17, 15) is 4.79 Å². The topological polar surface area (TPSA) is 67.4 Å². The van der Waals surface area contributed by atoms with Gasteiger partial charge in [0.1, 0.15) is 12.0 Å². The van der Waals surface area contributed by atoms with Gasteiger partial charge in [0.2, 0.25) is 0 Å². The highest BCUT2D eigenvalue weighted by atomic mass is 32.1. The predicted octanol–water partition coefficient (Wildman–Crippen LogP) is 5.58. The van der Waals surface area contributed by atoms with Crippen molar-refractivity contribution in [3.63, 3.8) is 0 Å². The van der Waals surface area contributed by atoms with Crippen LogP contribution in [0.1, 0.15) is 40.8 Å². The van der Waals surface area contributed by atoms with Crippen molar-refractivity contribution in [3.05, 3.63) is 74.5 Å². The Morgan fingerprint density at radius 1 is 1.26 bits per heavy atom. The number of furan rings is 1. The Morgan fingerprint density at radius 2 is 2.16 bits per heavy atom. The van der Waals surface area contributed by atoms with E-state index in [1.807, 2.05) is 11.4 Å². The van der Waals surface area contributed by atoms with Gasteiger partial charge in [0.25, 0.3) is 5.91 Å². The number of hydrogen-bond donors (Lipinski definition) is 0. The lowest BCUT2D eigenvalue weighted by Gasteiger charge is -2.28. The summed E-state index contributed by atoms with van der Waals surface area (Å²) in [7, 11) is 0. The van der Waals surface area contributed by atoms with Gasteiger partial charge in [-0.05, 0) is 65.9 Å². The number of oxime groups is 1. The van der Waals surface area contributed by atoms with Crippen molar-refractivity contribution in [1.29, 1.82) is 0 Å². The zero-order valence-corrected chi connectivity index (χ0v) is 18.3. The lowest BCUT2D eigenvalue weighted by Crippen LogP contribution is -2.33. The average Bonchev–Trinajstić information content (AvgIpc) is 3.58. The molecule has 3 aromatic rings. The Kier molecular flexibility index (Phi) is 5.82. The Morgan fingerprint density at radius 3 is 2.94 bits per heavy atom. The fraction of sp³-hybridized carbons (Fsp3) is 0.261. The average molecular weight is 452 g/mol. The van der Waals surface area contributed by atoms with Crippen LogP contribution in [0.3, 0.4) is 0 Å². The number of fused-ring (bicyclic) bond motifs is 1. The van der Waals surface area contributed by atoms with Gasteiger partial charge in [-0.1, -0.05) is 17.3 Å². The van der Waals surface area contributed by atoms with Crippen LogP contribution in [0.25, 0.3) is 6.08 Å². The van der Waals surface area contributed by atoms with Crippen LogP contribution >= 0.6 is 22.7 Å². The van der Waals surface area contributed by atoms with Crippen LogP contribution in [-0.4, -0.2) is 29.4 Å². The summed E-state index contributed by atoms with van der Waals surface area (Å²) >= 11 is 3.38. The second-order valence-electron chi connectivity index (χ2n) is 7.39. The van der Waals surface area contributed by atoms with E-state index in [1.165, 1.54) is 16.7 Å². The minimum atomic E-state index is -0.202. The Bertz CT molecular complexity index is 1100. The number of carbonyl (C=O) groups is 1. The van der Waals surface area contributed by atoms with Crippen LogP contribution in [0.2, 0.25) is 0 Å². The normalized spacial score (nSPS) is 22.1. The molecule has 0 spiro atoms. The monoisotopic (exact) mass is 451 g/mol. The summed E-state index contributed by atoms with van der Waals surface area (Å²) < 4.78 is 5.17. The van der Waals surface area contributed by atoms with E-state index in [4.69, 9.17) is 14.4 Å². The molecule has 3 aromatic heterocycles. The Hall–Kier alpha value is -2.97. The molecule has 4 heterocycles. The van der Waals surface area contributed by atoms with Gasteiger partial charge in [-0.2, -0.15) is 5.10 Å². The summed E-state index contributed by atoms with van der Waals surface area (Å²) in [5, 5.41) is 14.4. The fourth-order valence-corrected chi connectivity index (χ4v) is 5.66. The molecule has 0 N–H and O–H groups in total. The molecule has 31 heavy (non-hydrogen) atoms. The molecule has 0 radical (unpaired) electrons. The van der Waals surface area contributed by atoms with Crippen molar-refractivity contribution < 1.29 is 14.0 Å². The van der Waals surface area contributed by atoms with E-state index in [2.05, 4.69) is 34.8 Å². The van der Waals surface area contributed by atoms with Gasteiger partial charge in [0.05, 0.1) is 18.0 Å². The summed E-state index contributed by atoms with van der Waals surface area (Å²) in [5.41, 5.74) is 2.26. The molecule has 2 aliphatic rings. The number of thiophene rings is 2. The third kappa shape index (κ3) is 4.26. The van der Waals surface area contributed by atoms with Crippen molar-refractivity contribution in [3.8, 4) is 0 Å². The van der Waals surface area contributed by atoms with Crippen LogP contribution in [0.15, 0.2) is 73.7 Å². The van der Waals surface area contributed by atoms with Crippen LogP contribution < -0.4 is 0 Å². The van der Waals surface area contributed by atoms with Crippen molar-refractivity contribution in [1.82, 2.24) is 5.01 Å². The van der Waals surface area contributed by atoms with Crippen molar-refractivity contribution >= 4 is 46.6 Å². The molecule has 6 nitrogen and oxygen atoms in total. The quantitative estimate of drug-likeness (QED) is 0.363. The molecule has 1 amide bonds. The molecule has 1 aliphatic heterocycles. The Balaban J connectivity index is 1.38. The first-order valence-electron chi connectivity index (χ1n) is 10.2. The molecule has 1 aliphatic carbocycles. The molecule has 2 atom stereocenters. The highest BCUT2D eigenvalue weighted by molar-refractivity contribution is 7.11. The molecule has 158 valence electrons. The molecule has 0 bridgehead atoms. The third-order valence-corrected chi connectivity index (χ3v) is 7.20. The van der Waals surface area contributed by atoms with Crippen molar-refractivity contribution in [2.75, 3.05) is 6.61 Å². The van der Waals surface area contributed by atoms with E-state index < -0.39 is 0 Å². The molecule has 2 unspecified atom stereocenters. The summed E-state index contributed by atoms with van der Waals surface area (Å²) in [5.74, 6) is 0.571. The molecule has 1 saturated carbocycles. The molecule has 5 rings (SSSR count). The summed E-state index contributed by atoms with van der Waals surface area (Å²) in [6, 6.07) is 11.7. The zero-order chi connectivity index (χ0) is 21.0.